The molecule has 5 nitrogen and oxygen atoms in total. The Bertz CT molecular complexity index is 813. The lowest BCUT2D eigenvalue weighted by Gasteiger charge is -2.17. The van der Waals surface area contributed by atoms with E-state index in [0.717, 1.165) is 17.0 Å². The van der Waals surface area contributed by atoms with Crippen molar-refractivity contribution in [1.29, 1.82) is 0 Å². The highest BCUT2D eigenvalue weighted by molar-refractivity contribution is 7.16. The highest BCUT2D eigenvalue weighted by Gasteiger charge is 2.21. The summed E-state index contributed by atoms with van der Waals surface area (Å²) in [5, 5.41) is 5.46. The van der Waals surface area contributed by atoms with Crippen LogP contribution in [0.1, 0.15) is 25.6 Å². The van der Waals surface area contributed by atoms with Crippen LogP contribution in [0.5, 0.6) is 0 Å². The maximum atomic E-state index is 13.4. The summed E-state index contributed by atoms with van der Waals surface area (Å²) < 4.78 is 26.4. The van der Waals surface area contributed by atoms with E-state index in [1.807, 2.05) is 0 Å². The van der Waals surface area contributed by atoms with Gasteiger partial charge in [0.2, 0.25) is 11.8 Å². The van der Waals surface area contributed by atoms with Gasteiger partial charge in [-0.3, -0.25) is 9.59 Å². The molecule has 134 valence electrons. The van der Waals surface area contributed by atoms with E-state index in [2.05, 4.69) is 15.6 Å². The van der Waals surface area contributed by atoms with Gasteiger partial charge in [-0.25, -0.2) is 13.8 Å². The SMILES string of the molecule is Cc1sc(NC(=O)CNC(=O)C(C)(C)C)nc1-c1ccc(F)c(F)c1. The fraction of sp³-hybridized carbons (Fsp3) is 0.353. The number of aromatic nitrogens is 1. The number of hydrogen-bond donors (Lipinski definition) is 2. The van der Waals surface area contributed by atoms with Gasteiger partial charge in [-0.05, 0) is 25.1 Å². The number of halogens is 2. The van der Waals surface area contributed by atoms with Crippen molar-refractivity contribution in [2.75, 3.05) is 11.9 Å². The van der Waals surface area contributed by atoms with Gasteiger partial charge in [-0.2, -0.15) is 0 Å². The zero-order valence-electron chi connectivity index (χ0n) is 14.4. The topological polar surface area (TPSA) is 71.1 Å². The van der Waals surface area contributed by atoms with Crippen molar-refractivity contribution in [2.24, 2.45) is 5.41 Å². The maximum Gasteiger partial charge on any atom is 0.245 e. The van der Waals surface area contributed by atoms with Gasteiger partial charge in [0.1, 0.15) is 0 Å². The summed E-state index contributed by atoms with van der Waals surface area (Å²) in [6, 6.07) is 3.52. The number of benzene rings is 1. The Hall–Kier alpha value is -2.35. The van der Waals surface area contributed by atoms with Gasteiger partial charge in [0.05, 0.1) is 12.2 Å². The van der Waals surface area contributed by atoms with E-state index in [1.165, 1.54) is 17.4 Å². The highest BCUT2D eigenvalue weighted by atomic mass is 32.1. The van der Waals surface area contributed by atoms with E-state index in [4.69, 9.17) is 0 Å². The van der Waals surface area contributed by atoms with Crippen LogP contribution in [-0.2, 0) is 9.59 Å². The number of thiazole rings is 1. The standard InChI is InChI=1S/C17H19F2N3O2S/c1-9-14(10-5-6-11(18)12(19)7-10)22-16(25-9)21-13(23)8-20-15(24)17(2,3)4/h5-7H,8H2,1-4H3,(H,20,24)(H,21,22,23). The quantitative estimate of drug-likeness (QED) is 0.869. The Kier molecular flexibility index (Phi) is 5.52. The predicted molar refractivity (Wildman–Crippen MR) is 93.3 cm³/mol. The van der Waals surface area contributed by atoms with Gasteiger partial charge in [-0.15, -0.1) is 11.3 Å². The van der Waals surface area contributed by atoms with Gasteiger partial charge in [-0.1, -0.05) is 20.8 Å². The minimum Gasteiger partial charge on any atom is -0.347 e. The van der Waals surface area contributed by atoms with Crippen molar-refractivity contribution in [1.82, 2.24) is 10.3 Å². The fourth-order valence-corrected chi connectivity index (χ4v) is 2.80. The lowest BCUT2D eigenvalue weighted by atomic mass is 9.96. The zero-order chi connectivity index (χ0) is 18.8. The van der Waals surface area contributed by atoms with Crippen LogP contribution in [0, 0.1) is 24.0 Å². The molecule has 2 N–H and O–H groups in total. The third kappa shape index (κ3) is 4.82. The van der Waals surface area contributed by atoms with E-state index in [9.17, 15) is 18.4 Å². The molecule has 0 saturated heterocycles. The summed E-state index contributed by atoms with van der Waals surface area (Å²) in [6.07, 6.45) is 0. The van der Waals surface area contributed by atoms with E-state index in [-0.39, 0.29) is 12.5 Å². The minimum atomic E-state index is -0.958. The third-order valence-electron chi connectivity index (χ3n) is 3.33. The van der Waals surface area contributed by atoms with Crippen LogP contribution in [0.3, 0.4) is 0 Å². The zero-order valence-corrected chi connectivity index (χ0v) is 15.2. The van der Waals surface area contributed by atoms with Crippen molar-refractivity contribution in [3.63, 3.8) is 0 Å². The van der Waals surface area contributed by atoms with E-state index in [0.29, 0.717) is 16.4 Å². The molecular formula is C17H19F2N3O2S. The van der Waals surface area contributed by atoms with Crippen molar-refractivity contribution in [3.05, 3.63) is 34.7 Å². The maximum absolute atomic E-state index is 13.4. The molecule has 1 aromatic carbocycles. The largest absolute Gasteiger partial charge is 0.347 e. The Morgan fingerprint density at radius 3 is 2.48 bits per heavy atom. The first-order valence-electron chi connectivity index (χ1n) is 7.59. The average molecular weight is 367 g/mol. The van der Waals surface area contributed by atoms with Gasteiger partial charge in [0.25, 0.3) is 0 Å². The molecule has 1 aromatic heterocycles. The summed E-state index contributed by atoms with van der Waals surface area (Å²) >= 11 is 1.22. The summed E-state index contributed by atoms with van der Waals surface area (Å²) in [6.45, 7) is 6.84. The number of rotatable bonds is 4. The van der Waals surface area contributed by atoms with Gasteiger partial charge in [0, 0.05) is 15.9 Å². The molecule has 0 unspecified atom stereocenters. The lowest BCUT2D eigenvalue weighted by molar-refractivity contribution is -0.130. The first kappa shape index (κ1) is 19.0. The second-order valence-corrected chi connectivity index (χ2v) is 7.74. The molecule has 0 radical (unpaired) electrons. The first-order chi connectivity index (χ1) is 11.6. The monoisotopic (exact) mass is 367 g/mol. The van der Waals surface area contributed by atoms with Crippen LogP contribution < -0.4 is 10.6 Å². The number of anilines is 1. The number of carbonyl (C=O) groups is 2. The van der Waals surface area contributed by atoms with Crippen LogP contribution in [0.2, 0.25) is 0 Å². The molecule has 25 heavy (non-hydrogen) atoms. The molecule has 0 bridgehead atoms. The van der Waals surface area contributed by atoms with Gasteiger partial charge < -0.3 is 10.6 Å². The molecule has 0 saturated carbocycles. The van der Waals surface area contributed by atoms with Crippen LogP contribution in [-0.4, -0.2) is 23.3 Å². The second-order valence-electron chi connectivity index (χ2n) is 6.53. The van der Waals surface area contributed by atoms with Crippen molar-refractivity contribution >= 4 is 28.3 Å². The number of hydrogen-bond acceptors (Lipinski definition) is 4. The lowest BCUT2D eigenvalue weighted by Crippen LogP contribution is -2.39. The van der Waals surface area contributed by atoms with Crippen molar-refractivity contribution < 1.29 is 18.4 Å². The molecule has 0 aliphatic heterocycles. The normalized spacial score (nSPS) is 11.3. The fourth-order valence-electron chi connectivity index (χ4n) is 1.95. The first-order valence-corrected chi connectivity index (χ1v) is 8.40. The van der Waals surface area contributed by atoms with Gasteiger partial charge >= 0.3 is 0 Å². The molecule has 2 rings (SSSR count). The Morgan fingerprint density at radius 2 is 1.88 bits per heavy atom. The molecule has 0 aliphatic carbocycles. The molecule has 2 aromatic rings. The van der Waals surface area contributed by atoms with Gasteiger partial charge in [0.15, 0.2) is 16.8 Å². The summed E-state index contributed by atoms with van der Waals surface area (Å²) in [4.78, 5) is 28.7. The molecule has 8 heteroatoms. The number of amides is 2. The minimum absolute atomic E-state index is 0.171. The van der Waals surface area contributed by atoms with Crippen molar-refractivity contribution in [2.45, 2.75) is 27.7 Å². The predicted octanol–water partition coefficient (Wildman–Crippen LogP) is 3.50. The van der Waals surface area contributed by atoms with E-state index >= 15 is 0 Å². The highest BCUT2D eigenvalue weighted by Crippen LogP contribution is 2.31. The van der Waals surface area contributed by atoms with Crippen LogP contribution in [0.25, 0.3) is 11.3 Å². The number of carbonyl (C=O) groups excluding carboxylic acids is 2. The molecule has 0 aliphatic rings. The summed E-state index contributed by atoms with van der Waals surface area (Å²) in [7, 11) is 0. The Balaban J connectivity index is 2.06. The molecular weight excluding hydrogens is 348 g/mol. The number of nitrogens with zero attached hydrogens (tertiary/aromatic N) is 1. The van der Waals surface area contributed by atoms with E-state index < -0.39 is 23.0 Å². The molecule has 0 atom stereocenters. The molecule has 1 heterocycles. The smallest absolute Gasteiger partial charge is 0.245 e. The number of aryl methyl sites for hydroxylation is 1. The Labute approximate surface area is 148 Å². The average Bonchev–Trinajstić information content (AvgIpc) is 2.87. The molecule has 0 spiro atoms. The van der Waals surface area contributed by atoms with Crippen molar-refractivity contribution in [3.8, 4) is 11.3 Å². The number of nitrogens with one attached hydrogen (secondary N) is 2. The second kappa shape index (κ2) is 7.26. The van der Waals surface area contributed by atoms with Crippen LogP contribution in [0.4, 0.5) is 13.9 Å². The third-order valence-corrected chi connectivity index (χ3v) is 4.21. The summed E-state index contributed by atoms with van der Waals surface area (Å²) in [5.74, 6) is -2.54. The Morgan fingerprint density at radius 1 is 1.20 bits per heavy atom. The van der Waals surface area contributed by atoms with Crippen LogP contribution >= 0.6 is 11.3 Å². The summed E-state index contributed by atoms with van der Waals surface area (Å²) in [5.41, 5.74) is 0.310. The molecule has 0 fully saturated rings. The van der Waals surface area contributed by atoms with E-state index in [1.54, 1.807) is 27.7 Å². The molecule has 2 amide bonds. The van der Waals surface area contributed by atoms with Crippen LogP contribution in [0.15, 0.2) is 18.2 Å².